The van der Waals surface area contributed by atoms with E-state index in [1.165, 1.54) is 17.7 Å². The lowest BCUT2D eigenvalue weighted by molar-refractivity contribution is 0.782. The van der Waals surface area contributed by atoms with Crippen LogP contribution in [0, 0.1) is 11.3 Å². The third-order valence-corrected chi connectivity index (χ3v) is 3.99. The summed E-state index contributed by atoms with van der Waals surface area (Å²) in [5.41, 5.74) is 1.85. The van der Waals surface area contributed by atoms with Crippen LogP contribution in [0.1, 0.15) is 23.5 Å². The maximum atomic E-state index is 8.71. The molecule has 1 aliphatic rings. The van der Waals surface area contributed by atoms with Crippen molar-refractivity contribution in [2.75, 3.05) is 11.5 Å². The summed E-state index contributed by atoms with van der Waals surface area (Å²) in [4.78, 5) is 0. The standard InChI is InChI=1S/C11H10ClNS/c12-11-5-8(6-13)1-2-10(11)9-3-4-14-7-9/h1-2,5,9H,3-4,7H2. The van der Waals surface area contributed by atoms with E-state index in [4.69, 9.17) is 16.9 Å². The second-order valence-electron chi connectivity index (χ2n) is 3.41. The van der Waals surface area contributed by atoms with Crippen LogP contribution in [-0.4, -0.2) is 11.5 Å². The summed E-state index contributed by atoms with van der Waals surface area (Å²) >= 11 is 8.10. The molecule has 1 saturated heterocycles. The maximum Gasteiger partial charge on any atom is 0.0992 e. The highest BCUT2D eigenvalue weighted by Crippen LogP contribution is 2.36. The molecule has 72 valence electrons. The lowest BCUT2D eigenvalue weighted by Crippen LogP contribution is -1.97. The molecule has 1 fully saturated rings. The lowest BCUT2D eigenvalue weighted by atomic mass is 9.98. The normalized spacial score (nSPS) is 20.7. The first-order chi connectivity index (χ1) is 6.81. The molecule has 1 unspecified atom stereocenters. The second kappa shape index (κ2) is 4.25. The van der Waals surface area contributed by atoms with E-state index < -0.39 is 0 Å². The van der Waals surface area contributed by atoms with Gasteiger partial charge in [0, 0.05) is 10.8 Å². The highest BCUT2D eigenvalue weighted by molar-refractivity contribution is 7.99. The Labute approximate surface area is 93.1 Å². The first-order valence-corrected chi connectivity index (χ1v) is 6.12. The van der Waals surface area contributed by atoms with Gasteiger partial charge in [0.25, 0.3) is 0 Å². The molecule has 0 amide bonds. The summed E-state index contributed by atoms with van der Waals surface area (Å²) in [6, 6.07) is 7.71. The van der Waals surface area contributed by atoms with Crippen LogP contribution >= 0.6 is 23.4 Å². The minimum atomic E-state index is 0.584. The van der Waals surface area contributed by atoms with Crippen molar-refractivity contribution in [3.8, 4) is 6.07 Å². The molecule has 0 aliphatic carbocycles. The Kier molecular flexibility index (Phi) is 3.00. The van der Waals surface area contributed by atoms with Crippen molar-refractivity contribution >= 4 is 23.4 Å². The van der Waals surface area contributed by atoms with Crippen molar-refractivity contribution in [1.29, 1.82) is 5.26 Å². The van der Waals surface area contributed by atoms with Crippen LogP contribution < -0.4 is 0 Å². The average Bonchev–Trinajstić information content (AvgIpc) is 2.70. The van der Waals surface area contributed by atoms with E-state index in [9.17, 15) is 0 Å². The molecule has 1 aromatic carbocycles. The third-order valence-electron chi connectivity index (χ3n) is 2.50. The van der Waals surface area contributed by atoms with Crippen LogP contribution in [0.15, 0.2) is 18.2 Å². The molecule has 0 N–H and O–H groups in total. The van der Waals surface area contributed by atoms with Crippen LogP contribution in [0.3, 0.4) is 0 Å². The molecule has 0 bridgehead atoms. The number of hydrogen-bond donors (Lipinski definition) is 0. The van der Waals surface area contributed by atoms with Crippen molar-refractivity contribution in [2.24, 2.45) is 0 Å². The van der Waals surface area contributed by atoms with E-state index in [0.29, 0.717) is 11.5 Å². The van der Waals surface area contributed by atoms with Gasteiger partial charge in [-0.3, -0.25) is 0 Å². The van der Waals surface area contributed by atoms with Gasteiger partial charge in [-0.15, -0.1) is 0 Å². The van der Waals surface area contributed by atoms with Crippen molar-refractivity contribution in [3.05, 3.63) is 34.3 Å². The topological polar surface area (TPSA) is 23.8 Å². The molecular weight excluding hydrogens is 214 g/mol. The summed E-state index contributed by atoms with van der Waals surface area (Å²) in [5, 5.41) is 9.45. The molecule has 0 spiro atoms. The van der Waals surface area contributed by atoms with Crippen molar-refractivity contribution in [1.82, 2.24) is 0 Å². The predicted molar refractivity (Wildman–Crippen MR) is 60.9 cm³/mol. The van der Waals surface area contributed by atoms with Gasteiger partial charge >= 0.3 is 0 Å². The van der Waals surface area contributed by atoms with Gasteiger partial charge in [-0.25, -0.2) is 0 Å². The van der Waals surface area contributed by atoms with Gasteiger partial charge in [0.15, 0.2) is 0 Å². The Morgan fingerprint density at radius 1 is 1.50 bits per heavy atom. The average molecular weight is 224 g/mol. The first-order valence-electron chi connectivity index (χ1n) is 4.58. The van der Waals surface area contributed by atoms with Crippen LogP contribution in [0.4, 0.5) is 0 Å². The molecule has 1 nitrogen and oxygen atoms in total. The number of nitriles is 1. The maximum absolute atomic E-state index is 8.71. The van der Waals surface area contributed by atoms with E-state index in [1.54, 1.807) is 6.07 Å². The van der Waals surface area contributed by atoms with Gasteiger partial charge in [0.05, 0.1) is 11.6 Å². The van der Waals surface area contributed by atoms with Crippen LogP contribution in [-0.2, 0) is 0 Å². The smallest absolute Gasteiger partial charge is 0.0992 e. The molecule has 1 heterocycles. The summed E-state index contributed by atoms with van der Waals surface area (Å²) in [6.45, 7) is 0. The number of halogens is 1. The van der Waals surface area contributed by atoms with E-state index in [2.05, 4.69) is 6.07 Å². The van der Waals surface area contributed by atoms with Gasteiger partial charge in [-0.1, -0.05) is 17.7 Å². The van der Waals surface area contributed by atoms with Crippen LogP contribution in [0.2, 0.25) is 5.02 Å². The Morgan fingerprint density at radius 3 is 2.93 bits per heavy atom. The summed E-state index contributed by atoms with van der Waals surface area (Å²) in [5.74, 6) is 2.97. The second-order valence-corrected chi connectivity index (χ2v) is 4.97. The summed E-state index contributed by atoms with van der Waals surface area (Å²) in [7, 11) is 0. The number of thioether (sulfide) groups is 1. The molecule has 0 radical (unpaired) electrons. The van der Waals surface area contributed by atoms with Crippen molar-refractivity contribution in [2.45, 2.75) is 12.3 Å². The number of rotatable bonds is 1. The molecule has 1 atom stereocenters. The SMILES string of the molecule is N#Cc1ccc(C2CCSC2)c(Cl)c1. The summed E-state index contributed by atoms with van der Waals surface area (Å²) in [6.07, 6.45) is 1.20. The predicted octanol–water partition coefficient (Wildman–Crippen LogP) is 3.43. The minimum absolute atomic E-state index is 0.584. The molecule has 3 heteroatoms. The van der Waals surface area contributed by atoms with E-state index in [1.807, 2.05) is 23.9 Å². The van der Waals surface area contributed by atoms with Crippen molar-refractivity contribution < 1.29 is 0 Å². The Hall–Kier alpha value is -0.650. The molecule has 1 aliphatic heterocycles. The van der Waals surface area contributed by atoms with Gasteiger partial charge < -0.3 is 0 Å². The molecule has 0 saturated carbocycles. The van der Waals surface area contributed by atoms with Crippen molar-refractivity contribution in [3.63, 3.8) is 0 Å². The number of hydrogen-bond acceptors (Lipinski definition) is 2. The zero-order valence-corrected chi connectivity index (χ0v) is 9.24. The van der Waals surface area contributed by atoms with Gasteiger partial charge in [0.1, 0.15) is 0 Å². The largest absolute Gasteiger partial charge is 0.192 e. The fourth-order valence-corrected chi connectivity index (χ4v) is 3.29. The Bertz CT molecular complexity index is 377. The zero-order valence-electron chi connectivity index (χ0n) is 7.66. The lowest BCUT2D eigenvalue weighted by Gasteiger charge is -2.10. The molecule has 0 aromatic heterocycles. The quantitative estimate of drug-likeness (QED) is 0.729. The van der Waals surface area contributed by atoms with Gasteiger partial charge in [-0.05, 0) is 35.8 Å². The number of benzene rings is 1. The highest BCUT2D eigenvalue weighted by Gasteiger charge is 2.19. The molecule has 1 aromatic rings. The highest BCUT2D eigenvalue weighted by atomic mass is 35.5. The first kappa shape index (κ1) is 9.89. The van der Waals surface area contributed by atoms with Gasteiger partial charge in [0.2, 0.25) is 0 Å². The minimum Gasteiger partial charge on any atom is -0.192 e. The molecule has 2 rings (SSSR count). The summed E-state index contributed by atoms with van der Waals surface area (Å²) < 4.78 is 0. The Balaban J connectivity index is 2.30. The molecule has 14 heavy (non-hydrogen) atoms. The molecular formula is C11H10ClNS. The fraction of sp³-hybridized carbons (Fsp3) is 0.364. The van der Waals surface area contributed by atoms with Gasteiger partial charge in [-0.2, -0.15) is 17.0 Å². The van der Waals surface area contributed by atoms with E-state index in [-0.39, 0.29) is 0 Å². The van der Waals surface area contributed by atoms with Crippen LogP contribution in [0.5, 0.6) is 0 Å². The van der Waals surface area contributed by atoms with E-state index in [0.717, 1.165) is 10.8 Å². The van der Waals surface area contributed by atoms with E-state index >= 15 is 0 Å². The Morgan fingerprint density at radius 2 is 2.36 bits per heavy atom. The fourth-order valence-electron chi connectivity index (χ4n) is 1.71. The number of nitrogens with zero attached hydrogens (tertiary/aromatic N) is 1. The third kappa shape index (κ3) is 1.89. The van der Waals surface area contributed by atoms with Crippen LogP contribution in [0.25, 0.3) is 0 Å². The monoisotopic (exact) mass is 223 g/mol. The zero-order chi connectivity index (χ0) is 9.97.